The van der Waals surface area contributed by atoms with Crippen molar-refractivity contribution in [2.24, 2.45) is 0 Å². The SMILES string of the molecule is CC(=O)N1CCN(CCC(=O)COc2ccc3c(C4C(=O)Nc5ccc(C#N)cc54)ncnc3c2)CC1.Cl. The molecule has 5 rings (SSSR count). The Kier molecular flexibility index (Phi) is 8.20. The number of hydrogen-bond acceptors (Lipinski definition) is 8. The molecule has 1 atom stereocenters. The number of nitriles is 1. The van der Waals surface area contributed by atoms with Gasteiger partial charge >= 0.3 is 0 Å². The van der Waals surface area contributed by atoms with Gasteiger partial charge in [-0.3, -0.25) is 19.3 Å². The Morgan fingerprint density at radius 2 is 1.92 bits per heavy atom. The molecule has 3 heterocycles. The average molecular weight is 535 g/mol. The van der Waals surface area contributed by atoms with Gasteiger partial charge in [0.2, 0.25) is 11.8 Å². The Labute approximate surface area is 226 Å². The number of hydrogen-bond donors (Lipinski definition) is 1. The molecule has 3 aromatic rings. The van der Waals surface area contributed by atoms with Crippen molar-refractivity contribution in [1.29, 1.82) is 5.26 Å². The standard InChI is InChI=1S/C27H26N6O4.ClH/c1-17(34)33-10-8-32(9-11-33)7-6-19(35)15-37-20-3-4-21-24(13-20)29-16-30-26(21)25-22-12-18(14-28)2-5-23(22)31-27(25)36;/h2-5,12-13,16,25H,6-11,15H2,1H3,(H,31,36);1H. The number of aromatic nitrogens is 2. The minimum absolute atomic E-state index is 0. The molecule has 2 aliphatic heterocycles. The number of anilines is 1. The maximum atomic E-state index is 12.8. The number of rotatable bonds is 7. The van der Waals surface area contributed by atoms with Crippen molar-refractivity contribution in [2.75, 3.05) is 44.6 Å². The molecule has 1 unspecified atom stereocenters. The van der Waals surface area contributed by atoms with E-state index < -0.39 is 5.92 Å². The summed E-state index contributed by atoms with van der Waals surface area (Å²) in [5, 5.41) is 12.8. The van der Waals surface area contributed by atoms with Crippen molar-refractivity contribution in [3.63, 3.8) is 0 Å². The Hall–Kier alpha value is -4.07. The number of nitrogens with zero attached hydrogens (tertiary/aromatic N) is 5. The molecule has 0 spiro atoms. The monoisotopic (exact) mass is 534 g/mol. The molecule has 1 aromatic heterocycles. The fourth-order valence-corrected chi connectivity index (χ4v) is 4.79. The third-order valence-electron chi connectivity index (χ3n) is 6.85. The number of piperazine rings is 1. The first kappa shape index (κ1) is 27.0. The Morgan fingerprint density at radius 3 is 2.66 bits per heavy atom. The van der Waals surface area contributed by atoms with E-state index in [-0.39, 0.29) is 36.6 Å². The van der Waals surface area contributed by atoms with Crippen molar-refractivity contribution in [3.8, 4) is 11.8 Å². The zero-order valence-electron chi connectivity index (χ0n) is 20.8. The van der Waals surface area contributed by atoms with Crippen LogP contribution in [-0.2, 0) is 14.4 Å². The van der Waals surface area contributed by atoms with Gasteiger partial charge in [0, 0.05) is 63.2 Å². The van der Waals surface area contributed by atoms with Crippen LogP contribution in [0.25, 0.3) is 10.9 Å². The molecule has 2 amide bonds. The third-order valence-corrected chi connectivity index (χ3v) is 6.85. The molecule has 2 aromatic carbocycles. The van der Waals surface area contributed by atoms with Crippen LogP contribution in [0, 0.1) is 11.3 Å². The first-order valence-electron chi connectivity index (χ1n) is 12.1. The minimum atomic E-state index is -0.653. The Morgan fingerprint density at radius 1 is 1.13 bits per heavy atom. The number of benzene rings is 2. The highest BCUT2D eigenvalue weighted by molar-refractivity contribution is 6.06. The lowest BCUT2D eigenvalue weighted by atomic mass is 9.93. The predicted octanol–water partition coefficient (Wildman–Crippen LogP) is 2.51. The number of fused-ring (bicyclic) bond motifs is 2. The van der Waals surface area contributed by atoms with E-state index in [0.29, 0.717) is 65.2 Å². The number of nitrogens with one attached hydrogen (secondary N) is 1. The molecule has 1 N–H and O–H groups in total. The topological polar surface area (TPSA) is 129 Å². The number of carbonyl (C=O) groups excluding carboxylic acids is 3. The molecule has 11 heteroatoms. The summed E-state index contributed by atoms with van der Waals surface area (Å²) in [7, 11) is 0. The lowest BCUT2D eigenvalue weighted by Crippen LogP contribution is -2.48. The molecule has 10 nitrogen and oxygen atoms in total. The molecule has 1 fully saturated rings. The van der Waals surface area contributed by atoms with E-state index in [1.807, 2.05) is 4.90 Å². The summed E-state index contributed by atoms with van der Waals surface area (Å²) in [6, 6.07) is 12.5. The summed E-state index contributed by atoms with van der Waals surface area (Å²) in [4.78, 5) is 49.4. The first-order chi connectivity index (χ1) is 17.9. The van der Waals surface area contributed by atoms with Gasteiger partial charge in [0.05, 0.1) is 22.8 Å². The zero-order valence-corrected chi connectivity index (χ0v) is 21.7. The van der Waals surface area contributed by atoms with Gasteiger partial charge in [-0.2, -0.15) is 5.26 Å². The largest absolute Gasteiger partial charge is 0.486 e. The highest BCUT2D eigenvalue weighted by Crippen LogP contribution is 2.39. The van der Waals surface area contributed by atoms with Gasteiger partial charge < -0.3 is 15.0 Å². The maximum absolute atomic E-state index is 12.8. The molecule has 2 aliphatic rings. The van der Waals surface area contributed by atoms with Crippen molar-refractivity contribution < 1.29 is 19.1 Å². The molecule has 0 saturated carbocycles. The van der Waals surface area contributed by atoms with E-state index in [0.717, 1.165) is 13.1 Å². The normalized spacial score (nSPS) is 16.8. The predicted molar refractivity (Wildman–Crippen MR) is 142 cm³/mol. The molecule has 1 saturated heterocycles. The van der Waals surface area contributed by atoms with Gasteiger partial charge in [0.25, 0.3) is 0 Å². The lowest BCUT2D eigenvalue weighted by Gasteiger charge is -2.34. The van der Waals surface area contributed by atoms with Crippen molar-refractivity contribution in [2.45, 2.75) is 19.3 Å². The summed E-state index contributed by atoms with van der Waals surface area (Å²) >= 11 is 0. The number of amides is 2. The highest BCUT2D eigenvalue weighted by atomic mass is 35.5. The summed E-state index contributed by atoms with van der Waals surface area (Å²) in [6.45, 7) is 5.07. The molecule has 196 valence electrons. The quantitative estimate of drug-likeness (QED) is 0.489. The van der Waals surface area contributed by atoms with Crippen LogP contribution >= 0.6 is 12.4 Å². The molecule has 0 radical (unpaired) electrons. The van der Waals surface area contributed by atoms with Gasteiger partial charge in [-0.05, 0) is 35.9 Å². The average Bonchev–Trinajstić information content (AvgIpc) is 3.24. The van der Waals surface area contributed by atoms with E-state index in [1.54, 1.807) is 43.3 Å². The zero-order chi connectivity index (χ0) is 25.9. The van der Waals surface area contributed by atoms with Crippen LogP contribution < -0.4 is 10.1 Å². The van der Waals surface area contributed by atoms with Crippen LogP contribution in [-0.4, -0.2) is 76.7 Å². The van der Waals surface area contributed by atoms with Gasteiger partial charge in [0.1, 0.15) is 24.6 Å². The Bertz CT molecular complexity index is 1430. The second kappa shape index (κ2) is 11.5. The minimum Gasteiger partial charge on any atom is -0.486 e. The van der Waals surface area contributed by atoms with Crippen molar-refractivity contribution in [3.05, 3.63) is 59.5 Å². The second-order valence-corrected chi connectivity index (χ2v) is 9.20. The van der Waals surface area contributed by atoms with Crippen molar-refractivity contribution >= 4 is 46.6 Å². The maximum Gasteiger partial charge on any atom is 0.238 e. The fourth-order valence-electron chi connectivity index (χ4n) is 4.79. The number of carbonyl (C=O) groups is 3. The number of Topliss-reactive ketones (excluding diaryl/α,β-unsaturated/α-hetero) is 1. The van der Waals surface area contributed by atoms with E-state index in [4.69, 9.17) is 4.74 Å². The smallest absolute Gasteiger partial charge is 0.238 e. The molecule has 0 bridgehead atoms. The molecular weight excluding hydrogens is 508 g/mol. The molecular formula is C27H27ClN6O4. The van der Waals surface area contributed by atoms with E-state index in [2.05, 4.69) is 26.3 Å². The Balaban J connectivity index is 0.00000336. The molecule has 38 heavy (non-hydrogen) atoms. The lowest BCUT2D eigenvalue weighted by molar-refractivity contribution is -0.131. The van der Waals surface area contributed by atoms with Gasteiger partial charge in [-0.1, -0.05) is 0 Å². The van der Waals surface area contributed by atoms with Crippen LogP contribution in [0.2, 0.25) is 0 Å². The van der Waals surface area contributed by atoms with Crippen LogP contribution in [0.15, 0.2) is 42.7 Å². The number of ether oxygens (including phenoxy) is 1. The summed E-state index contributed by atoms with van der Waals surface area (Å²) in [5.41, 5.74) is 2.98. The fraction of sp³-hybridized carbons (Fsp3) is 0.333. The van der Waals surface area contributed by atoms with Crippen LogP contribution in [0.1, 0.15) is 36.1 Å². The van der Waals surface area contributed by atoms with E-state index >= 15 is 0 Å². The summed E-state index contributed by atoms with van der Waals surface area (Å²) in [6.07, 6.45) is 1.78. The van der Waals surface area contributed by atoms with Crippen molar-refractivity contribution in [1.82, 2.24) is 19.8 Å². The first-order valence-corrected chi connectivity index (χ1v) is 12.1. The summed E-state index contributed by atoms with van der Waals surface area (Å²) < 4.78 is 5.74. The number of ketones is 1. The van der Waals surface area contributed by atoms with Gasteiger partial charge in [-0.15, -0.1) is 12.4 Å². The molecule has 0 aliphatic carbocycles. The second-order valence-electron chi connectivity index (χ2n) is 9.20. The van der Waals surface area contributed by atoms with E-state index in [9.17, 15) is 19.6 Å². The van der Waals surface area contributed by atoms with E-state index in [1.165, 1.54) is 6.33 Å². The third kappa shape index (κ3) is 5.59. The highest BCUT2D eigenvalue weighted by Gasteiger charge is 2.34. The number of halogens is 1. The van der Waals surface area contributed by atoms with Gasteiger partial charge in [-0.25, -0.2) is 9.97 Å². The van der Waals surface area contributed by atoms with Crippen LogP contribution in [0.4, 0.5) is 5.69 Å². The van der Waals surface area contributed by atoms with Crippen LogP contribution in [0.3, 0.4) is 0 Å². The van der Waals surface area contributed by atoms with Crippen LogP contribution in [0.5, 0.6) is 5.75 Å². The van der Waals surface area contributed by atoms with Gasteiger partial charge in [0.15, 0.2) is 5.78 Å². The summed E-state index contributed by atoms with van der Waals surface area (Å²) in [5.74, 6) is -0.284.